The number of nitrogens with zero attached hydrogens (tertiary/aromatic N) is 3. The molecule has 0 saturated heterocycles. The van der Waals surface area contributed by atoms with Crippen molar-refractivity contribution in [1.82, 2.24) is 20.6 Å². The zero-order chi connectivity index (χ0) is 13.1. The van der Waals surface area contributed by atoms with E-state index in [1.165, 1.54) is 0 Å². The summed E-state index contributed by atoms with van der Waals surface area (Å²) in [6, 6.07) is 3.66. The lowest BCUT2D eigenvalue weighted by Gasteiger charge is -2.13. The monoisotopic (exact) mass is 245 g/mol. The number of hydrogen-bond donors (Lipinski definition) is 2. The van der Waals surface area contributed by atoms with Gasteiger partial charge in [-0.25, -0.2) is 0 Å². The second-order valence-electron chi connectivity index (χ2n) is 3.93. The van der Waals surface area contributed by atoms with Crippen LogP contribution in [0.1, 0.15) is 35.3 Å². The molecule has 0 atom stereocenters. The van der Waals surface area contributed by atoms with Gasteiger partial charge in [0, 0.05) is 11.1 Å². The van der Waals surface area contributed by atoms with E-state index in [4.69, 9.17) is 5.73 Å². The van der Waals surface area contributed by atoms with E-state index >= 15 is 0 Å². The van der Waals surface area contributed by atoms with E-state index in [2.05, 4.69) is 20.6 Å². The Bertz CT molecular complexity index is 562. The Balaban J connectivity index is 2.74. The molecule has 6 nitrogen and oxygen atoms in total. The summed E-state index contributed by atoms with van der Waals surface area (Å²) in [6.45, 7) is 4.02. The van der Waals surface area contributed by atoms with Crippen LogP contribution in [-0.2, 0) is 12.8 Å². The van der Waals surface area contributed by atoms with Crippen molar-refractivity contribution < 1.29 is 4.79 Å². The number of rotatable bonds is 4. The van der Waals surface area contributed by atoms with Gasteiger partial charge < -0.3 is 5.73 Å². The van der Waals surface area contributed by atoms with E-state index in [0.29, 0.717) is 17.8 Å². The zero-order valence-electron chi connectivity index (χ0n) is 10.4. The summed E-state index contributed by atoms with van der Waals surface area (Å²) in [5, 5.41) is 14.0. The molecule has 0 bridgehead atoms. The Labute approximate surface area is 105 Å². The Morgan fingerprint density at radius 2 is 2.11 bits per heavy atom. The number of aryl methyl sites for hydroxylation is 1. The van der Waals surface area contributed by atoms with Crippen LogP contribution in [0, 0.1) is 0 Å². The van der Waals surface area contributed by atoms with Gasteiger partial charge in [0.05, 0.1) is 0 Å². The molecule has 0 aliphatic carbocycles. The van der Waals surface area contributed by atoms with Gasteiger partial charge in [-0.15, -0.1) is 10.2 Å². The van der Waals surface area contributed by atoms with Crippen LogP contribution in [0.25, 0.3) is 11.4 Å². The van der Waals surface area contributed by atoms with Crippen molar-refractivity contribution >= 4 is 5.91 Å². The van der Waals surface area contributed by atoms with E-state index in [1.54, 1.807) is 6.07 Å². The highest BCUT2D eigenvalue weighted by atomic mass is 16.1. The number of nitrogens with two attached hydrogens (primary N) is 1. The molecule has 2 rings (SSSR count). The Kier molecular flexibility index (Phi) is 3.36. The number of aromatic amines is 1. The molecule has 2 aromatic rings. The van der Waals surface area contributed by atoms with E-state index in [-0.39, 0.29) is 0 Å². The van der Waals surface area contributed by atoms with Gasteiger partial charge in [0.25, 0.3) is 0 Å². The maximum Gasteiger partial charge on any atom is 0.249 e. The molecule has 0 aliphatic rings. The molecule has 1 aromatic heterocycles. The molecule has 0 radical (unpaired) electrons. The molecule has 1 amide bonds. The molecule has 3 N–H and O–H groups in total. The summed E-state index contributed by atoms with van der Waals surface area (Å²) in [6.07, 6.45) is 1.52. The number of tetrazole rings is 1. The summed E-state index contributed by atoms with van der Waals surface area (Å²) in [5.74, 6) is 0.0750. The highest BCUT2D eigenvalue weighted by molar-refractivity contribution is 5.96. The number of carbonyl (C=O) groups excluding carboxylic acids is 1. The van der Waals surface area contributed by atoms with Crippen molar-refractivity contribution in [2.75, 3.05) is 0 Å². The SMILES string of the molecule is CCc1ccc(C(N)=O)c(CC)c1-c1nn[nH]n1. The quantitative estimate of drug-likeness (QED) is 0.842. The van der Waals surface area contributed by atoms with Crippen molar-refractivity contribution in [1.29, 1.82) is 0 Å². The summed E-state index contributed by atoms with van der Waals surface area (Å²) < 4.78 is 0. The predicted molar refractivity (Wildman–Crippen MR) is 66.9 cm³/mol. The smallest absolute Gasteiger partial charge is 0.249 e. The number of benzene rings is 1. The third-order valence-corrected chi connectivity index (χ3v) is 2.97. The first-order valence-corrected chi connectivity index (χ1v) is 5.87. The average Bonchev–Trinajstić information content (AvgIpc) is 2.90. The second kappa shape index (κ2) is 4.95. The minimum Gasteiger partial charge on any atom is -0.366 e. The molecule has 1 heterocycles. The van der Waals surface area contributed by atoms with Gasteiger partial charge in [-0.05, 0) is 35.2 Å². The van der Waals surface area contributed by atoms with Gasteiger partial charge in [-0.1, -0.05) is 19.9 Å². The van der Waals surface area contributed by atoms with Crippen LogP contribution in [0.4, 0.5) is 0 Å². The third kappa shape index (κ3) is 1.97. The van der Waals surface area contributed by atoms with Gasteiger partial charge in [0.2, 0.25) is 11.7 Å². The fourth-order valence-electron chi connectivity index (χ4n) is 2.14. The fourth-order valence-corrected chi connectivity index (χ4v) is 2.14. The van der Waals surface area contributed by atoms with E-state index in [9.17, 15) is 4.79 Å². The second-order valence-corrected chi connectivity index (χ2v) is 3.93. The molecule has 6 heteroatoms. The topological polar surface area (TPSA) is 97.5 Å². The summed E-state index contributed by atoms with van der Waals surface area (Å²) in [5.41, 5.74) is 8.75. The van der Waals surface area contributed by atoms with Crippen molar-refractivity contribution in [2.45, 2.75) is 26.7 Å². The Hall–Kier alpha value is -2.24. The molecule has 0 unspecified atom stereocenters. The number of primary amides is 1. The Morgan fingerprint density at radius 1 is 1.33 bits per heavy atom. The number of carbonyl (C=O) groups is 1. The fraction of sp³-hybridized carbons (Fsp3) is 0.333. The van der Waals surface area contributed by atoms with E-state index < -0.39 is 5.91 Å². The number of amides is 1. The summed E-state index contributed by atoms with van der Waals surface area (Å²) in [7, 11) is 0. The molecule has 0 aliphatic heterocycles. The molecule has 18 heavy (non-hydrogen) atoms. The predicted octanol–water partition coefficient (Wildman–Crippen LogP) is 1.09. The van der Waals surface area contributed by atoms with Crippen LogP contribution in [-0.4, -0.2) is 26.5 Å². The standard InChI is InChI=1S/C12H15N5O/c1-3-7-5-6-9(11(13)18)8(4-2)10(7)12-14-16-17-15-12/h5-6H,3-4H2,1-2H3,(H2,13,18)(H,14,15,16,17). The lowest BCUT2D eigenvalue weighted by Crippen LogP contribution is -2.15. The van der Waals surface area contributed by atoms with Crippen LogP contribution in [0.3, 0.4) is 0 Å². The minimum absolute atomic E-state index is 0.431. The van der Waals surface area contributed by atoms with Crippen LogP contribution in [0.2, 0.25) is 0 Å². The van der Waals surface area contributed by atoms with Gasteiger partial charge in [-0.3, -0.25) is 4.79 Å². The van der Waals surface area contributed by atoms with Crippen molar-refractivity contribution in [3.05, 3.63) is 28.8 Å². The van der Waals surface area contributed by atoms with Gasteiger partial charge in [-0.2, -0.15) is 5.21 Å². The maximum atomic E-state index is 11.5. The van der Waals surface area contributed by atoms with Crippen LogP contribution < -0.4 is 5.73 Å². The van der Waals surface area contributed by atoms with Crippen molar-refractivity contribution in [3.8, 4) is 11.4 Å². The lowest BCUT2D eigenvalue weighted by atomic mass is 9.92. The number of H-pyrrole nitrogens is 1. The normalized spacial score (nSPS) is 10.6. The molecule has 1 aromatic carbocycles. The maximum absolute atomic E-state index is 11.5. The number of hydrogen-bond acceptors (Lipinski definition) is 4. The minimum atomic E-state index is -0.431. The number of nitrogens with one attached hydrogen (secondary N) is 1. The molecule has 0 fully saturated rings. The van der Waals surface area contributed by atoms with Crippen LogP contribution >= 0.6 is 0 Å². The van der Waals surface area contributed by atoms with Crippen molar-refractivity contribution in [2.24, 2.45) is 5.73 Å². The van der Waals surface area contributed by atoms with Crippen LogP contribution in [0.5, 0.6) is 0 Å². The van der Waals surface area contributed by atoms with Gasteiger partial charge in [0.15, 0.2) is 0 Å². The average molecular weight is 245 g/mol. The molecule has 94 valence electrons. The first-order valence-electron chi connectivity index (χ1n) is 5.87. The lowest BCUT2D eigenvalue weighted by molar-refractivity contribution is 0.0999. The first-order chi connectivity index (χ1) is 8.69. The number of aromatic nitrogens is 4. The van der Waals surface area contributed by atoms with Crippen LogP contribution in [0.15, 0.2) is 12.1 Å². The molecular weight excluding hydrogens is 230 g/mol. The molecular formula is C12H15N5O. The molecule has 0 spiro atoms. The van der Waals surface area contributed by atoms with Gasteiger partial charge in [0.1, 0.15) is 0 Å². The largest absolute Gasteiger partial charge is 0.366 e. The zero-order valence-corrected chi connectivity index (χ0v) is 10.4. The molecule has 0 saturated carbocycles. The highest BCUT2D eigenvalue weighted by Crippen LogP contribution is 2.28. The Morgan fingerprint density at radius 3 is 2.61 bits per heavy atom. The van der Waals surface area contributed by atoms with E-state index in [0.717, 1.165) is 23.1 Å². The summed E-state index contributed by atoms with van der Waals surface area (Å²) in [4.78, 5) is 11.5. The van der Waals surface area contributed by atoms with Gasteiger partial charge >= 0.3 is 0 Å². The third-order valence-electron chi connectivity index (χ3n) is 2.97. The van der Waals surface area contributed by atoms with E-state index in [1.807, 2.05) is 19.9 Å². The first kappa shape index (κ1) is 12.2. The summed E-state index contributed by atoms with van der Waals surface area (Å²) >= 11 is 0. The van der Waals surface area contributed by atoms with Crippen molar-refractivity contribution in [3.63, 3.8) is 0 Å². The highest BCUT2D eigenvalue weighted by Gasteiger charge is 2.18.